The fourth-order valence-electron chi connectivity index (χ4n) is 4.30. The third kappa shape index (κ3) is 4.64. The van der Waals surface area contributed by atoms with E-state index >= 15 is 0 Å². The number of fused-ring (bicyclic) bond motifs is 1. The fourth-order valence-corrected chi connectivity index (χ4v) is 4.30. The van der Waals surface area contributed by atoms with Gasteiger partial charge in [0.2, 0.25) is 5.88 Å². The van der Waals surface area contributed by atoms with Crippen LogP contribution in [0.2, 0.25) is 0 Å². The summed E-state index contributed by atoms with van der Waals surface area (Å²) in [5.41, 5.74) is 1.86. The number of azo groups is 1. The van der Waals surface area contributed by atoms with Crippen LogP contribution in [0.1, 0.15) is 22.3 Å². The van der Waals surface area contributed by atoms with Gasteiger partial charge in [-0.05, 0) is 79.1 Å². The Morgan fingerprint density at radius 1 is 0.925 bits per heavy atom. The van der Waals surface area contributed by atoms with Crippen LogP contribution in [0.4, 0.5) is 29.3 Å². The SMILES string of the molecule is Cc1ccc(-n2c(O)c(N=Nc3ccc(C=C4C(=O)NC(=O)N4C)cc3O)c3ccc(C(F)(F)F)cc32)cc1C. The first-order valence-corrected chi connectivity index (χ1v) is 11.9. The van der Waals surface area contributed by atoms with Crippen molar-refractivity contribution in [1.29, 1.82) is 0 Å². The van der Waals surface area contributed by atoms with Crippen molar-refractivity contribution in [1.82, 2.24) is 14.8 Å². The van der Waals surface area contributed by atoms with E-state index in [2.05, 4.69) is 15.5 Å². The number of rotatable bonds is 4. The molecule has 1 aliphatic heterocycles. The number of hydrogen-bond acceptors (Lipinski definition) is 6. The number of phenolic OH excluding ortho intramolecular Hbond substituents is 1. The van der Waals surface area contributed by atoms with E-state index in [4.69, 9.17) is 0 Å². The number of urea groups is 1. The van der Waals surface area contributed by atoms with E-state index in [-0.39, 0.29) is 33.7 Å². The molecule has 3 N–H and O–H groups in total. The zero-order valence-electron chi connectivity index (χ0n) is 21.4. The highest BCUT2D eigenvalue weighted by Gasteiger charge is 2.32. The predicted molar refractivity (Wildman–Crippen MR) is 141 cm³/mol. The molecule has 9 nitrogen and oxygen atoms in total. The number of halogens is 3. The fraction of sp³-hybridized carbons (Fsp3) is 0.143. The molecule has 0 aliphatic carbocycles. The van der Waals surface area contributed by atoms with Gasteiger partial charge in [-0.2, -0.15) is 13.2 Å². The van der Waals surface area contributed by atoms with Crippen LogP contribution in [0.15, 0.2) is 70.5 Å². The van der Waals surface area contributed by atoms with Crippen molar-refractivity contribution in [3.05, 3.63) is 82.5 Å². The topological polar surface area (TPSA) is 120 Å². The summed E-state index contributed by atoms with van der Waals surface area (Å²) < 4.78 is 41.8. The lowest BCUT2D eigenvalue weighted by Gasteiger charge is -2.11. The molecule has 0 spiro atoms. The molecular weight excluding hydrogens is 527 g/mol. The largest absolute Gasteiger partial charge is 0.506 e. The summed E-state index contributed by atoms with van der Waals surface area (Å²) in [4.78, 5) is 24.7. The van der Waals surface area contributed by atoms with Crippen LogP contribution >= 0.6 is 0 Å². The molecule has 4 aromatic rings. The molecule has 1 aromatic heterocycles. The van der Waals surface area contributed by atoms with Gasteiger partial charge in [0.05, 0.1) is 11.1 Å². The van der Waals surface area contributed by atoms with Crippen molar-refractivity contribution in [2.24, 2.45) is 10.2 Å². The van der Waals surface area contributed by atoms with Gasteiger partial charge in [0.1, 0.15) is 17.1 Å². The molecule has 0 atom stereocenters. The molecule has 1 aliphatic rings. The lowest BCUT2D eigenvalue weighted by molar-refractivity contribution is -0.137. The number of nitrogens with zero attached hydrogens (tertiary/aromatic N) is 4. The molecule has 5 rings (SSSR count). The Kier molecular flexibility index (Phi) is 6.33. The Balaban J connectivity index is 1.58. The minimum absolute atomic E-state index is 0.000784. The third-order valence-corrected chi connectivity index (χ3v) is 6.67. The Labute approximate surface area is 225 Å². The molecule has 12 heteroatoms. The molecular formula is C28H22F3N5O4. The van der Waals surface area contributed by atoms with Crippen LogP contribution in [-0.4, -0.2) is 38.7 Å². The van der Waals surface area contributed by atoms with Gasteiger partial charge < -0.3 is 10.2 Å². The van der Waals surface area contributed by atoms with Crippen LogP contribution in [0.25, 0.3) is 22.7 Å². The molecule has 204 valence electrons. The Hall–Kier alpha value is -5.13. The standard InChI is InChI=1S/C28H22F3N5O4/c1-14-4-7-18(10-15(14)2)36-21-13-17(28(29,30)31)6-8-19(21)24(26(36)39)34-33-20-9-5-16(12-23(20)37)11-22-25(38)32-27(40)35(22)3/h4-13,37,39H,1-3H3,(H,32,38,40). The first-order valence-electron chi connectivity index (χ1n) is 11.9. The van der Waals surface area contributed by atoms with Crippen molar-refractivity contribution >= 4 is 40.3 Å². The Morgan fingerprint density at radius 3 is 2.30 bits per heavy atom. The third-order valence-electron chi connectivity index (χ3n) is 6.67. The number of likely N-dealkylation sites (N-methyl/N-ethyl adjacent to an activating group) is 1. The quantitative estimate of drug-likeness (QED) is 0.151. The van der Waals surface area contributed by atoms with Crippen LogP contribution in [0.5, 0.6) is 11.6 Å². The number of carbonyl (C=O) groups is 2. The van der Waals surface area contributed by atoms with Gasteiger partial charge >= 0.3 is 12.2 Å². The number of nitrogens with one attached hydrogen (secondary N) is 1. The van der Waals surface area contributed by atoms with Crippen LogP contribution in [0.3, 0.4) is 0 Å². The molecule has 40 heavy (non-hydrogen) atoms. The molecule has 0 bridgehead atoms. The van der Waals surface area contributed by atoms with Crippen molar-refractivity contribution in [3.8, 4) is 17.3 Å². The maximum Gasteiger partial charge on any atom is 0.416 e. The maximum absolute atomic E-state index is 13.5. The normalized spacial score (nSPS) is 15.2. The van der Waals surface area contributed by atoms with Gasteiger partial charge in [-0.1, -0.05) is 12.1 Å². The van der Waals surface area contributed by atoms with Gasteiger partial charge in [0.15, 0.2) is 5.69 Å². The number of hydrogen-bond donors (Lipinski definition) is 3. The van der Waals surface area contributed by atoms with Crippen LogP contribution in [-0.2, 0) is 11.0 Å². The Bertz CT molecular complexity index is 1770. The summed E-state index contributed by atoms with van der Waals surface area (Å²) in [5.74, 6) is -1.33. The van der Waals surface area contributed by atoms with E-state index in [1.165, 1.54) is 42.0 Å². The predicted octanol–water partition coefficient (Wildman–Crippen LogP) is 6.62. The van der Waals surface area contributed by atoms with Crippen molar-refractivity contribution in [2.45, 2.75) is 20.0 Å². The second kappa shape index (κ2) is 9.56. The van der Waals surface area contributed by atoms with Crippen LogP contribution in [0, 0.1) is 13.8 Å². The molecule has 3 amide bonds. The number of carbonyl (C=O) groups excluding carboxylic acids is 2. The number of alkyl halides is 3. The highest BCUT2D eigenvalue weighted by Crippen LogP contribution is 2.44. The lowest BCUT2D eigenvalue weighted by Crippen LogP contribution is -2.24. The number of benzene rings is 3. The van der Waals surface area contributed by atoms with E-state index in [0.717, 1.165) is 28.2 Å². The van der Waals surface area contributed by atoms with Gasteiger partial charge in [-0.15, -0.1) is 10.2 Å². The Morgan fingerprint density at radius 2 is 1.68 bits per heavy atom. The number of imide groups is 1. The number of aromatic hydroxyl groups is 2. The van der Waals surface area contributed by atoms with E-state index in [0.29, 0.717) is 11.3 Å². The molecule has 1 fully saturated rings. The van der Waals surface area contributed by atoms with Gasteiger partial charge in [-0.3, -0.25) is 19.6 Å². The molecule has 0 radical (unpaired) electrons. The average molecular weight is 550 g/mol. The van der Waals surface area contributed by atoms with Gasteiger partial charge in [-0.25, -0.2) is 4.79 Å². The van der Waals surface area contributed by atoms with Gasteiger partial charge in [0, 0.05) is 18.1 Å². The first-order chi connectivity index (χ1) is 18.8. The van der Waals surface area contributed by atoms with Crippen molar-refractivity contribution in [2.75, 3.05) is 7.05 Å². The second-order valence-electron chi connectivity index (χ2n) is 9.30. The summed E-state index contributed by atoms with van der Waals surface area (Å²) in [5, 5.41) is 32.1. The number of phenols is 1. The van der Waals surface area contributed by atoms with E-state index in [9.17, 15) is 33.0 Å². The molecule has 2 heterocycles. The minimum atomic E-state index is -4.60. The first kappa shape index (κ1) is 26.5. The summed E-state index contributed by atoms with van der Waals surface area (Å²) in [6.45, 7) is 3.74. The van der Waals surface area contributed by atoms with E-state index < -0.39 is 29.6 Å². The van der Waals surface area contributed by atoms with Crippen LogP contribution < -0.4 is 5.32 Å². The summed E-state index contributed by atoms with van der Waals surface area (Å²) in [7, 11) is 1.42. The van der Waals surface area contributed by atoms with Gasteiger partial charge in [0.25, 0.3) is 5.91 Å². The van der Waals surface area contributed by atoms with E-state index in [1.54, 1.807) is 18.2 Å². The lowest BCUT2D eigenvalue weighted by atomic mass is 10.1. The molecule has 1 saturated heterocycles. The number of aryl methyl sites for hydroxylation is 2. The summed E-state index contributed by atoms with van der Waals surface area (Å²) >= 11 is 0. The van der Waals surface area contributed by atoms with Crippen molar-refractivity contribution < 1.29 is 33.0 Å². The monoisotopic (exact) mass is 549 g/mol. The number of amides is 3. The summed E-state index contributed by atoms with van der Waals surface area (Å²) in [6, 6.07) is 11.9. The smallest absolute Gasteiger partial charge is 0.416 e. The molecule has 0 saturated carbocycles. The van der Waals surface area contributed by atoms with Crippen molar-refractivity contribution in [3.63, 3.8) is 0 Å². The molecule has 3 aromatic carbocycles. The molecule has 0 unspecified atom stereocenters. The second-order valence-corrected chi connectivity index (χ2v) is 9.30. The zero-order chi connectivity index (χ0) is 28.9. The van der Waals surface area contributed by atoms with E-state index in [1.807, 2.05) is 13.8 Å². The zero-order valence-corrected chi connectivity index (χ0v) is 21.4. The number of aromatic nitrogens is 1. The minimum Gasteiger partial charge on any atom is -0.506 e. The maximum atomic E-state index is 13.5. The highest BCUT2D eigenvalue weighted by atomic mass is 19.4. The summed E-state index contributed by atoms with van der Waals surface area (Å²) in [6.07, 6.45) is -3.20. The highest BCUT2D eigenvalue weighted by molar-refractivity contribution is 6.13. The average Bonchev–Trinajstić information content (AvgIpc) is 3.30.